The third-order valence-corrected chi connectivity index (χ3v) is 2.87. The first-order valence-corrected chi connectivity index (χ1v) is 5.38. The molecule has 0 bridgehead atoms. The maximum Gasteiger partial charge on any atom is 0.346 e. The second-order valence-electron chi connectivity index (χ2n) is 2.27. The highest BCUT2D eigenvalue weighted by atomic mass is 32.2. The number of thioether (sulfide) groups is 1. The van der Waals surface area contributed by atoms with Crippen molar-refractivity contribution in [1.29, 1.82) is 5.26 Å². The standard InChI is InChI=1S/C8H5NO3S2/c9-4-13-3-6(10)5-1-2-14-7(5)8(11)12/h1-2H,3H2,(H,11,12). The summed E-state index contributed by atoms with van der Waals surface area (Å²) < 4.78 is 0. The molecule has 0 atom stereocenters. The summed E-state index contributed by atoms with van der Waals surface area (Å²) in [7, 11) is 0. The average Bonchev–Trinajstić information content (AvgIpc) is 2.62. The van der Waals surface area contributed by atoms with E-state index in [-0.39, 0.29) is 22.0 Å². The second kappa shape index (κ2) is 4.79. The number of carboxylic acid groups (broad SMARTS) is 1. The lowest BCUT2D eigenvalue weighted by atomic mass is 10.2. The Labute approximate surface area is 88.2 Å². The van der Waals surface area contributed by atoms with E-state index in [1.807, 2.05) is 0 Å². The van der Waals surface area contributed by atoms with Crippen LogP contribution in [0.3, 0.4) is 0 Å². The Morgan fingerprint density at radius 3 is 2.93 bits per heavy atom. The first kappa shape index (κ1) is 10.8. The predicted octanol–water partition coefficient (Wildman–Crippen LogP) is 1.84. The minimum atomic E-state index is -1.11. The van der Waals surface area contributed by atoms with E-state index in [0.717, 1.165) is 23.1 Å². The topological polar surface area (TPSA) is 78.2 Å². The molecule has 0 aliphatic heterocycles. The second-order valence-corrected chi connectivity index (χ2v) is 3.95. The first-order chi connectivity index (χ1) is 6.66. The van der Waals surface area contributed by atoms with Crippen LogP contribution in [0.5, 0.6) is 0 Å². The minimum Gasteiger partial charge on any atom is -0.477 e. The predicted molar refractivity (Wildman–Crippen MR) is 53.7 cm³/mol. The fourth-order valence-corrected chi connectivity index (χ4v) is 1.97. The number of thiocyanates is 1. The van der Waals surface area contributed by atoms with Gasteiger partial charge in [0.2, 0.25) is 0 Å². The molecule has 1 aromatic rings. The van der Waals surface area contributed by atoms with Crippen molar-refractivity contribution in [3.8, 4) is 5.40 Å². The van der Waals surface area contributed by atoms with Gasteiger partial charge in [-0.2, -0.15) is 5.26 Å². The molecule has 0 spiro atoms. The van der Waals surface area contributed by atoms with E-state index >= 15 is 0 Å². The quantitative estimate of drug-likeness (QED) is 0.627. The molecule has 0 aliphatic rings. The van der Waals surface area contributed by atoms with Crippen LogP contribution in [0, 0.1) is 10.7 Å². The van der Waals surface area contributed by atoms with Gasteiger partial charge in [-0.25, -0.2) is 4.79 Å². The molecule has 0 unspecified atom stereocenters. The van der Waals surface area contributed by atoms with Crippen molar-refractivity contribution in [1.82, 2.24) is 0 Å². The van der Waals surface area contributed by atoms with Crippen molar-refractivity contribution in [3.05, 3.63) is 21.9 Å². The van der Waals surface area contributed by atoms with Gasteiger partial charge in [0.15, 0.2) is 5.78 Å². The number of nitrogens with zero attached hydrogens (tertiary/aromatic N) is 1. The molecule has 1 N–H and O–H groups in total. The molecule has 6 heteroatoms. The van der Waals surface area contributed by atoms with Crippen LogP contribution >= 0.6 is 23.1 Å². The Morgan fingerprint density at radius 2 is 2.36 bits per heavy atom. The van der Waals surface area contributed by atoms with Crippen molar-refractivity contribution in [3.63, 3.8) is 0 Å². The van der Waals surface area contributed by atoms with Gasteiger partial charge in [0.05, 0.1) is 5.75 Å². The van der Waals surface area contributed by atoms with Crippen molar-refractivity contribution >= 4 is 34.9 Å². The number of Topliss-reactive ketones (excluding diaryl/α,β-unsaturated/α-hetero) is 1. The van der Waals surface area contributed by atoms with Crippen molar-refractivity contribution in [2.45, 2.75) is 0 Å². The van der Waals surface area contributed by atoms with Gasteiger partial charge in [-0.1, -0.05) is 0 Å². The molecule has 0 amide bonds. The largest absolute Gasteiger partial charge is 0.477 e. The number of ketones is 1. The summed E-state index contributed by atoms with van der Waals surface area (Å²) in [6.45, 7) is 0. The molecule has 1 rings (SSSR count). The van der Waals surface area contributed by atoms with Crippen molar-refractivity contribution in [2.24, 2.45) is 0 Å². The number of carbonyl (C=O) groups is 2. The van der Waals surface area contributed by atoms with Crippen LogP contribution in [0.4, 0.5) is 0 Å². The average molecular weight is 227 g/mol. The maximum atomic E-state index is 11.4. The molecule has 0 saturated heterocycles. The van der Waals surface area contributed by atoms with Gasteiger partial charge in [-0.15, -0.1) is 11.3 Å². The van der Waals surface area contributed by atoms with Crippen LogP contribution in [-0.2, 0) is 0 Å². The Balaban J connectivity index is 2.85. The van der Waals surface area contributed by atoms with Crippen LogP contribution in [0.1, 0.15) is 20.0 Å². The molecule has 4 nitrogen and oxygen atoms in total. The lowest BCUT2D eigenvalue weighted by molar-refractivity contribution is 0.0698. The monoisotopic (exact) mass is 227 g/mol. The Bertz CT molecular complexity index is 405. The summed E-state index contributed by atoms with van der Waals surface area (Å²) in [5.41, 5.74) is 0.185. The Hall–Kier alpha value is -1.32. The lowest BCUT2D eigenvalue weighted by Crippen LogP contribution is -2.06. The number of aromatic carboxylic acids is 1. The van der Waals surface area contributed by atoms with Gasteiger partial charge in [0.1, 0.15) is 10.3 Å². The fraction of sp³-hybridized carbons (Fsp3) is 0.125. The first-order valence-electron chi connectivity index (χ1n) is 3.51. The zero-order chi connectivity index (χ0) is 10.6. The highest BCUT2D eigenvalue weighted by molar-refractivity contribution is 8.04. The summed E-state index contributed by atoms with van der Waals surface area (Å²) in [6.07, 6.45) is 0. The minimum absolute atomic E-state index is 0.00644. The molecule has 0 saturated carbocycles. The smallest absolute Gasteiger partial charge is 0.346 e. The zero-order valence-corrected chi connectivity index (χ0v) is 8.52. The summed E-state index contributed by atoms with van der Waals surface area (Å²) in [5.74, 6) is -1.44. The number of hydrogen-bond acceptors (Lipinski definition) is 5. The van der Waals surface area contributed by atoms with Gasteiger partial charge in [0.25, 0.3) is 0 Å². The molecule has 0 aliphatic carbocycles. The van der Waals surface area contributed by atoms with E-state index < -0.39 is 5.97 Å². The molecule has 72 valence electrons. The van der Waals surface area contributed by atoms with E-state index in [1.54, 1.807) is 10.8 Å². The number of thiophene rings is 1. The van der Waals surface area contributed by atoms with Gasteiger partial charge < -0.3 is 5.11 Å². The Morgan fingerprint density at radius 1 is 1.64 bits per heavy atom. The van der Waals surface area contributed by atoms with Crippen LogP contribution in [-0.4, -0.2) is 22.6 Å². The summed E-state index contributed by atoms with van der Waals surface area (Å²) in [6, 6.07) is 1.47. The van der Waals surface area contributed by atoms with E-state index in [0.29, 0.717) is 0 Å². The van der Waals surface area contributed by atoms with Gasteiger partial charge in [-0.3, -0.25) is 4.79 Å². The van der Waals surface area contributed by atoms with E-state index in [4.69, 9.17) is 10.4 Å². The van der Waals surface area contributed by atoms with E-state index in [2.05, 4.69) is 0 Å². The normalized spacial score (nSPS) is 9.36. The van der Waals surface area contributed by atoms with Crippen LogP contribution in [0.2, 0.25) is 0 Å². The van der Waals surface area contributed by atoms with Gasteiger partial charge in [0, 0.05) is 5.56 Å². The highest BCUT2D eigenvalue weighted by Crippen LogP contribution is 2.18. The van der Waals surface area contributed by atoms with Gasteiger partial charge >= 0.3 is 5.97 Å². The summed E-state index contributed by atoms with van der Waals surface area (Å²) in [5, 5.41) is 20.3. The highest BCUT2D eigenvalue weighted by Gasteiger charge is 2.17. The number of hydrogen-bond donors (Lipinski definition) is 1. The lowest BCUT2D eigenvalue weighted by Gasteiger charge is -1.95. The molecular formula is C8H5NO3S2. The van der Waals surface area contributed by atoms with Gasteiger partial charge in [-0.05, 0) is 23.2 Å². The van der Waals surface area contributed by atoms with Crippen LogP contribution < -0.4 is 0 Å². The molecule has 0 radical (unpaired) electrons. The van der Waals surface area contributed by atoms with E-state index in [1.165, 1.54) is 6.07 Å². The Kier molecular flexibility index (Phi) is 3.68. The van der Waals surface area contributed by atoms with E-state index in [9.17, 15) is 9.59 Å². The molecule has 1 aromatic heterocycles. The number of rotatable bonds is 4. The number of carbonyl (C=O) groups excluding carboxylic acids is 1. The third kappa shape index (κ3) is 2.34. The van der Waals surface area contributed by atoms with Crippen molar-refractivity contribution < 1.29 is 14.7 Å². The summed E-state index contributed by atoms with van der Waals surface area (Å²) in [4.78, 5) is 22.0. The fourth-order valence-electron chi connectivity index (χ4n) is 0.870. The molecule has 1 heterocycles. The van der Waals surface area contributed by atoms with Crippen LogP contribution in [0.25, 0.3) is 0 Å². The molecular weight excluding hydrogens is 222 g/mol. The molecule has 0 aromatic carbocycles. The number of nitriles is 1. The number of carboxylic acids is 1. The SMILES string of the molecule is N#CSCC(=O)c1ccsc1C(=O)O. The van der Waals surface area contributed by atoms with Crippen LogP contribution in [0.15, 0.2) is 11.4 Å². The zero-order valence-electron chi connectivity index (χ0n) is 6.89. The summed E-state index contributed by atoms with van der Waals surface area (Å²) >= 11 is 1.81. The maximum absolute atomic E-state index is 11.4. The molecule has 14 heavy (non-hydrogen) atoms. The molecule has 0 fully saturated rings. The third-order valence-electron chi connectivity index (χ3n) is 1.43. The van der Waals surface area contributed by atoms with Crippen molar-refractivity contribution in [2.75, 3.05) is 5.75 Å².